The number of carbonyl (C=O) groups is 2. The maximum Gasteiger partial charge on any atom is 0.237 e. The van der Waals surface area contributed by atoms with Gasteiger partial charge in [-0.05, 0) is 19.8 Å². The van der Waals surface area contributed by atoms with E-state index in [0.717, 1.165) is 0 Å². The first kappa shape index (κ1) is 14.9. The van der Waals surface area contributed by atoms with E-state index >= 15 is 0 Å². The zero-order valence-electron chi connectivity index (χ0n) is 10.8. The van der Waals surface area contributed by atoms with E-state index in [9.17, 15) is 9.59 Å². The third-order valence-electron chi connectivity index (χ3n) is 2.57. The molecule has 0 saturated carbocycles. The summed E-state index contributed by atoms with van der Waals surface area (Å²) in [7, 11) is 1.58. The van der Waals surface area contributed by atoms with Crippen molar-refractivity contribution in [2.75, 3.05) is 13.6 Å². The van der Waals surface area contributed by atoms with Crippen LogP contribution in [-0.4, -0.2) is 31.4 Å². The van der Waals surface area contributed by atoms with Gasteiger partial charge in [0.15, 0.2) is 0 Å². The molecule has 0 radical (unpaired) electrons. The summed E-state index contributed by atoms with van der Waals surface area (Å²) >= 11 is 0. The van der Waals surface area contributed by atoms with Gasteiger partial charge in [0.2, 0.25) is 11.8 Å². The Morgan fingerprint density at radius 1 is 1.31 bits per heavy atom. The largest absolute Gasteiger partial charge is 0.359 e. The average molecular weight is 229 g/mol. The van der Waals surface area contributed by atoms with Crippen molar-refractivity contribution >= 4 is 11.8 Å². The van der Waals surface area contributed by atoms with Crippen molar-refractivity contribution in [3.8, 4) is 0 Å². The van der Waals surface area contributed by atoms with Gasteiger partial charge in [-0.3, -0.25) is 9.59 Å². The van der Waals surface area contributed by atoms with Gasteiger partial charge >= 0.3 is 0 Å². The summed E-state index contributed by atoms with van der Waals surface area (Å²) in [6, 6.07) is -0.527. The van der Waals surface area contributed by atoms with Crippen LogP contribution in [0.3, 0.4) is 0 Å². The third kappa shape index (κ3) is 4.18. The lowest BCUT2D eigenvalue weighted by atomic mass is 9.92. The van der Waals surface area contributed by atoms with Gasteiger partial charge in [0.25, 0.3) is 0 Å². The van der Waals surface area contributed by atoms with Crippen LogP contribution >= 0.6 is 0 Å². The summed E-state index contributed by atoms with van der Waals surface area (Å²) in [6.45, 7) is 7.59. The van der Waals surface area contributed by atoms with E-state index in [1.54, 1.807) is 20.9 Å². The van der Waals surface area contributed by atoms with Crippen LogP contribution < -0.4 is 16.4 Å². The van der Waals surface area contributed by atoms with Crippen molar-refractivity contribution in [1.82, 2.24) is 10.6 Å². The molecule has 5 heteroatoms. The highest BCUT2D eigenvalue weighted by Crippen LogP contribution is 2.13. The molecule has 4 N–H and O–H groups in total. The summed E-state index contributed by atoms with van der Waals surface area (Å²) in [5.74, 6) is -0.235. The van der Waals surface area contributed by atoms with Crippen LogP contribution in [0.4, 0.5) is 0 Å². The lowest BCUT2D eigenvalue weighted by molar-refractivity contribution is -0.129. The number of carbonyl (C=O) groups excluding carboxylic acids is 2. The van der Waals surface area contributed by atoms with Crippen molar-refractivity contribution in [2.24, 2.45) is 17.1 Å². The molecule has 94 valence electrons. The van der Waals surface area contributed by atoms with Crippen molar-refractivity contribution in [2.45, 2.75) is 33.7 Å². The van der Waals surface area contributed by atoms with Crippen LogP contribution in [-0.2, 0) is 9.59 Å². The van der Waals surface area contributed by atoms with Crippen molar-refractivity contribution in [3.05, 3.63) is 0 Å². The van der Waals surface area contributed by atoms with Gasteiger partial charge in [-0.15, -0.1) is 0 Å². The fourth-order valence-corrected chi connectivity index (χ4v) is 1.15. The number of amides is 2. The maximum atomic E-state index is 11.6. The van der Waals surface area contributed by atoms with Crippen LogP contribution in [0, 0.1) is 11.3 Å². The Morgan fingerprint density at radius 3 is 2.19 bits per heavy atom. The van der Waals surface area contributed by atoms with Gasteiger partial charge in [0.1, 0.15) is 0 Å². The Kier molecular flexibility index (Phi) is 5.44. The topological polar surface area (TPSA) is 84.2 Å². The molecule has 0 bridgehead atoms. The Morgan fingerprint density at radius 2 is 1.81 bits per heavy atom. The van der Waals surface area contributed by atoms with Crippen LogP contribution in [0.25, 0.3) is 0 Å². The molecule has 0 aliphatic rings. The van der Waals surface area contributed by atoms with Gasteiger partial charge in [-0.2, -0.15) is 0 Å². The van der Waals surface area contributed by atoms with Crippen LogP contribution in [0.15, 0.2) is 0 Å². The molecule has 0 saturated heterocycles. The summed E-state index contributed by atoms with van der Waals surface area (Å²) in [6.07, 6.45) is 0. The quantitative estimate of drug-likeness (QED) is 0.613. The first-order valence-corrected chi connectivity index (χ1v) is 5.48. The van der Waals surface area contributed by atoms with E-state index in [0.29, 0.717) is 0 Å². The lowest BCUT2D eigenvalue weighted by Gasteiger charge is -2.24. The van der Waals surface area contributed by atoms with Crippen LogP contribution in [0.2, 0.25) is 0 Å². The standard InChI is InChI=1S/C11H23N3O2/c1-7(2)8(12)9(15)14-6-11(3,4)10(16)13-5/h7-8H,6,12H2,1-5H3,(H,13,16)(H,14,15). The number of hydrogen-bond donors (Lipinski definition) is 3. The molecule has 0 aromatic heterocycles. The molecule has 0 fully saturated rings. The molecule has 0 spiro atoms. The normalized spacial score (nSPS) is 13.4. The fraction of sp³-hybridized carbons (Fsp3) is 0.818. The Bertz CT molecular complexity index is 262. The van der Waals surface area contributed by atoms with Gasteiger partial charge in [-0.1, -0.05) is 13.8 Å². The molecule has 0 heterocycles. The number of hydrogen-bond acceptors (Lipinski definition) is 3. The Balaban J connectivity index is 4.25. The Hall–Kier alpha value is -1.10. The third-order valence-corrected chi connectivity index (χ3v) is 2.57. The SMILES string of the molecule is CNC(=O)C(C)(C)CNC(=O)C(N)C(C)C. The monoisotopic (exact) mass is 229 g/mol. The average Bonchev–Trinajstić information content (AvgIpc) is 2.23. The molecular weight excluding hydrogens is 206 g/mol. The summed E-state index contributed by atoms with van der Waals surface area (Å²) in [5.41, 5.74) is 5.06. The lowest BCUT2D eigenvalue weighted by Crippen LogP contribution is -2.49. The van der Waals surface area contributed by atoms with Crippen LogP contribution in [0.5, 0.6) is 0 Å². The molecule has 1 unspecified atom stereocenters. The molecule has 5 nitrogen and oxygen atoms in total. The highest BCUT2D eigenvalue weighted by Gasteiger charge is 2.28. The molecular formula is C11H23N3O2. The van der Waals surface area contributed by atoms with Crippen LogP contribution in [0.1, 0.15) is 27.7 Å². The maximum absolute atomic E-state index is 11.6. The van der Waals surface area contributed by atoms with Gasteiger partial charge in [0, 0.05) is 13.6 Å². The first-order valence-electron chi connectivity index (χ1n) is 5.48. The summed E-state index contributed by atoms with van der Waals surface area (Å²) < 4.78 is 0. The number of nitrogens with two attached hydrogens (primary N) is 1. The summed E-state index contributed by atoms with van der Waals surface area (Å²) in [5, 5.41) is 5.25. The zero-order chi connectivity index (χ0) is 12.9. The molecule has 16 heavy (non-hydrogen) atoms. The van der Waals surface area contributed by atoms with Crippen molar-refractivity contribution in [3.63, 3.8) is 0 Å². The van der Waals surface area contributed by atoms with Gasteiger partial charge in [-0.25, -0.2) is 0 Å². The van der Waals surface area contributed by atoms with Crippen molar-refractivity contribution < 1.29 is 9.59 Å². The molecule has 0 rings (SSSR count). The van der Waals surface area contributed by atoms with Gasteiger partial charge in [0.05, 0.1) is 11.5 Å². The minimum absolute atomic E-state index is 0.0862. The molecule has 1 atom stereocenters. The number of rotatable bonds is 5. The summed E-state index contributed by atoms with van der Waals surface area (Å²) in [4.78, 5) is 23.0. The second kappa shape index (κ2) is 5.84. The molecule has 0 aromatic rings. The predicted octanol–water partition coefficient (Wildman–Crippen LogP) is -0.142. The minimum Gasteiger partial charge on any atom is -0.359 e. The van der Waals surface area contributed by atoms with E-state index in [4.69, 9.17) is 5.73 Å². The zero-order valence-corrected chi connectivity index (χ0v) is 10.8. The molecule has 2 amide bonds. The Labute approximate surface area is 97.2 Å². The molecule has 0 aromatic carbocycles. The van der Waals surface area contributed by atoms with E-state index in [1.807, 2.05) is 13.8 Å². The predicted molar refractivity (Wildman–Crippen MR) is 63.7 cm³/mol. The molecule has 0 aliphatic heterocycles. The molecule has 0 aliphatic carbocycles. The van der Waals surface area contributed by atoms with E-state index < -0.39 is 11.5 Å². The highest BCUT2D eigenvalue weighted by atomic mass is 16.2. The first-order chi connectivity index (χ1) is 7.22. The minimum atomic E-state index is -0.624. The second-order valence-corrected chi connectivity index (χ2v) is 4.95. The number of nitrogens with one attached hydrogen (secondary N) is 2. The smallest absolute Gasteiger partial charge is 0.237 e. The second-order valence-electron chi connectivity index (χ2n) is 4.95. The van der Waals surface area contributed by atoms with Crippen molar-refractivity contribution in [1.29, 1.82) is 0 Å². The van der Waals surface area contributed by atoms with E-state index in [1.165, 1.54) is 0 Å². The van der Waals surface area contributed by atoms with E-state index in [2.05, 4.69) is 10.6 Å². The fourth-order valence-electron chi connectivity index (χ4n) is 1.15. The highest BCUT2D eigenvalue weighted by molar-refractivity contribution is 5.84. The van der Waals surface area contributed by atoms with Gasteiger partial charge < -0.3 is 16.4 Å². The van der Waals surface area contributed by atoms with E-state index in [-0.39, 0.29) is 24.3 Å².